The Kier molecular flexibility index (Phi) is 6.36. The number of benzene rings is 1. The molecule has 0 aliphatic carbocycles. The van der Waals surface area contributed by atoms with Crippen LogP contribution in [0.1, 0.15) is 17.3 Å². The summed E-state index contributed by atoms with van der Waals surface area (Å²) < 4.78 is 15.9. The van der Waals surface area contributed by atoms with E-state index in [1.165, 1.54) is 21.3 Å². The molecule has 1 saturated heterocycles. The lowest BCUT2D eigenvalue weighted by Crippen LogP contribution is -2.52. The van der Waals surface area contributed by atoms with Gasteiger partial charge in [-0.15, -0.1) is 11.6 Å². The Morgan fingerprint density at radius 3 is 2.00 bits per heavy atom. The number of ether oxygens (including phenoxy) is 3. The summed E-state index contributed by atoms with van der Waals surface area (Å²) in [6, 6.07) is 3.32. The molecule has 0 N–H and O–H groups in total. The third-order valence-electron chi connectivity index (χ3n) is 4.15. The second-order valence-corrected chi connectivity index (χ2v) is 6.27. The van der Waals surface area contributed by atoms with Gasteiger partial charge in [0, 0.05) is 26.2 Å². The maximum atomic E-state index is 12.9. The smallest absolute Gasteiger partial charge is 0.257 e. The number of rotatable bonds is 5. The fraction of sp³-hybridized carbons (Fsp3) is 0.529. The van der Waals surface area contributed by atoms with Crippen LogP contribution in [-0.4, -0.2) is 74.5 Å². The quantitative estimate of drug-likeness (QED) is 0.737. The molecule has 1 atom stereocenters. The summed E-state index contributed by atoms with van der Waals surface area (Å²) in [4.78, 5) is 28.2. The van der Waals surface area contributed by atoms with Crippen LogP contribution in [0.2, 0.25) is 0 Å². The van der Waals surface area contributed by atoms with E-state index in [0.29, 0.717) is 49.0 Å². The topological polar surface area (TPSA) is 68.3 Å². The maximum absolute atomic E-state index is 12.9. The number of alkyl halides is 1. The van der Waals surface area contributed by atoms with Gasteiger partial charge in [0.25, 0.3) is 5.91 Å². The average molecular weight is 371 g/mol. The number of methoxy groups -OCH3 is 3. The van der Waals surface area contributed by atoms with Crippen molar-refractivity contribution in [2.45, 2.75) is 12.3 Å². The molecular formula is C17H23ClN2O5. The first-order chi connectivity index (χ1) is 11.9. The van der Waals surface area contributed by atoms with Gasteiger partial charge in [0.05, 0.1) is 26.9 Å². The first-order valence-electron chi connectivity index (χ1n) is 7.95. The van der Waals surface area contributed by atoms with E-state index in [0.717, 1.165) is 0 Å². The van der Waals surface area contributed by atoms with Crippen molar-refractivity contribution >= 4 is 23.4 Å². The molecule has 138 valence electrons. The fourth-order valence-electron chi connectivity index (χ4n) is 2.82. The summed E-state index contributed by atoms with van der Waals surface area (Å²) in [5.74, 6) is 0.907. The number of carbonyl (C=O) groups excluding carboxylic acids is 2. The third kappa shape index (κ3) is 3.92. The molecule has 1 aromatic carbocycles. The van der Waals surface area contributed by atoms with Crippen LogP contribution >= 0.6 is 11.6 Å². The van der Waals surface area contributed by atoms with Gasteiger partial charge in [0.15, 0.2) is 11.5 Å². The van der Waals surface area contributed by atoms with Gasteiger partial charge >= 0.3 is 0 Å². The van der Waals surface area contributed by atoms with Gasteiger partial charge < -0.3 is 24.0 Å². The van der Waals surface area contributed by atoms with Gasteiger partial charge in [-0.3, -0.25) is 9.59 Å². The van der Waals surface area contributed by atoms with E-state index in [1.54, 1.807) is 28.9 Å². The van der Waals surface area contributed by atoms with Gasteiger partial charge in [0.1, 0.15) is 5.38 Å². The number of hydrogen-bond acceptors (Lipinski definition) is 5. The van der Waals surface area contributed by atoms with Gasteiger partial charge in [-0.1, -0.05) is 0 Å². The number of halogens is 1. The molecule has 0 saturated carbocycles. The van der Waals surface area contributed by atoms with Crippen molar-refractivity contribution in [3.8, 4) is 17.2 Å². The van der Waals surface area contributed by atoms with Crippen molar-refractivity contribution in [2.24, 2.45) is 0 Å². The largest absolute Gasteiger partial charge is 0.493 e. The van der Waals surface area contributed by atoms with Crippen LogP contribution in [0.4, 0.5) is 0 Å². The molecule has 2 amide bonds. The highest BCUT2D eigenvalue weighted by atomic mass is 35.5. The highest BCUT2D eigenvalue weighted by molar-refractivity contribution is 6.30. The molecular weight excluding hydrogens is 348 g/mol. The van der Waals surface area contributed by atoms with Crippen LogP contribution in [0.3, 0.4) is 0 Å². The minimum absolute atomic E-state index is 0.113. The molecule has 2 rings (SSSR count). The van der Waals surface area contributed by atoms with Gasteiger partial charge in [-0.2, -0.15) is 0 Å². The summed E-state index contributed by atoms with van der Waals surface area (Å²) in [7, 11) is 4.49. The van der Waals surface area contributed by atoms with Crippen LogP contribution < -0.4 is 14.2 Å². The van der Waals surface area contributed by atoms with Crippen LogP contribution in [0.25, 0.3) is 0 Å². The lowest BCUT2D eigenvalue weighted by molar-refractivity contribution is -0.131. The highest BCUT2D eigenvalue weighted by Crippen LogP contribution is 2.40. The monoisotopic (exact) mass is 370 g/mol. The summed E-state index contributed by atoms with van der Waals surface area (Å²) in [6.45, 7) is 3.43. The molecule has 8 heteroatoms. The van der Waals surface area contributed by atoms with Crippen molar-refractivity contribution in [1.29, 1.82) is 0 Å². The van der Waals surface area contributed by atoms with Crippen molar-refractivity contribution in [1.82, 2.24) is 9.80 Å². The van der Waals surface area contributed by atoms with Crippen molar-refractivity contribution in [2.75, 3.05) is 47.5 Å². The van der Waals surface area contributed by atoms with Crippen molar-refractivity contribution < 1.29 is 23.8 Å². The molecule has 1 aliphatic rings. The first kappa shape index (κ1) is 19.2. The van der Waals surface area contributed by atoms with Crippen LogP contribution in [-0.2, 0) is 4.79 Å². The Morgan fingerprint density at radius 2 is 1.52 bits per heavy atom. The van der Waals surface area contributed by atoms with E-state index >= 15 is 0 Å². The average Bonchev–Trinajstić information content (AvgIpc) is 2.65. The molecule has 0 spiro atoms. The van der Waals surface area contributed by atoms with Crippen LogP contribution in [0, 0.1) is 0 Å². The number of piperazine rings is 1. The third-order valence-corrected chi connectivity index (χ3v) is 4.34. The Balaban J connectivity index is 2.18. The standard InChI is InChI=1S/C17H23ClN2O5/c1-11(18)16(21)19-7-9-20(10-8-19)17(22)12-5-6-13(23-2)15(25-4)14(12)24-3/h5-6,11H,7-10H2,1-4H3. The van der Waals surface area contributed by atoms with Gasteiger partial charge in [-0.05, 0) is 19.1 Å². The normalized spacial score (nSPS) is 15.6. The van der Waals surface area contributed by atoms with E-state index in [2.05, 4.69) is 0 Å². The molecule has 25 heavy (non-hydrogen) atoms. The predicted molar refractivity (Wildman–Crippen MR) is 93.9 cm³/mol. The number of amides is 2. The van der Waals surface area contributed by atoms with Crippen molar-refractivity contribution in [3.63, 3.8) is 0 Å². The van der Waals surface area contributed by atoms with Crippen molar-refractivity contribution in [3.05, 3.63) is 17.7 Å². The molecule has 1 fully saturated rings. The number of carbonyl (C=O) groups is 2. The minimum Gasteiger partial charge on any atom is -0.493 e. The zero-order valence-electron chi connectivity index (χ0n) is 14.9. The summed E-state index contributed by atoms with van der Waals surface area (Å²) in [5.41, 5.74) is 0.394. The fourth-order valence-corrected chi connectivity index (χ4v) is 2.96. The predicted octanol–water partition coefficient (Wildman–Crippen LogP) is 1.62. The number of nitrogens with zero attached hydrogens (tertiary/aromatic N) is 2. The first-order valence-corrected chi connectivity index (χ1v) is 8.39. The highest BCUT2D eigenvalue weighted by Gasteiger charge is 2.29. The van der Waals surface area contributed by atoms with E-state index < -0.39 is 5.38 Å². The van der Waals surface area contributed by atoms with E-state index in [9.17, 15) is 9.59 Å². The Hall–Kier alpha value is -2.15. The Labute approximate surface area is 152 Å². The lowest BCUT2D eigenvalue weighted by Gasteiger charge is -2.35. The molecule has 1 aliphatic heterocycles. The molecule has 1 heterocycles. The van der Waals surface area contributed by atoms with E-state index in [4.69, 9.17) is 25.8 Å². The molecule has 0 radical (unpaired) electrons. The Morgan fingerprint density at radius 1 is 0.960 bits per heavy atom. The molecule has 0 aromatic heterocycles. The minimum atomic E-state index is -0.562. The second-order valence-electron chi connectivity index (χ2n) is 5.62. The zero-order chi connectivity index (χ0) is 18.6. The molecule has 0 bridgehead atoms. The lowest BCUT2D eigenvalue weighted by atomic mass is 10.1. The van der Waals surface area contributed by atoms with Crippen LogP contribution in [0.15, 0.2) is 12.1 Å². The Bertz CT molecular complexity index is 642. The summed E-state index contributed by atoms with van der Waals surface area (Å²) >= 11 is 5.84. The SMILES string of the molecule is COc1ccc(C(=O)N2CCN(C(=O)C(C)Cl)CC2)c(OC)c1OC. The van der Waals surface area contributed by atoms with Gasteiger partial charge in [0.2, 0.25) is 11.7 Å². The molecule has 1 aromatic rings. The molecule has 7 nitrogen and oxygen atoms in total. The number of hydrogen-bond donors (Lipinski definition) is 0. The van der Waals surface area contributed by atoms with E-state index in [-0.39, 0.29) is 11.8 Å². The second kappa shape index (κ2) is 8.29. The summed E-state index contributed by atoms with van der Waals surface area (Å²) in [5, 5.41) is -0.562. The van der Waals surface area contributed by atoms with Gasteiger partial charge in [-0.25, -0.2) is 0 Å². The van der Waals surface area contributed by atoms with Crippen LogP contribution in [0.5, 0.6) is 17.2 Å². The maximum Gasteiger partial charge on any atom is 0.257 e. The molecule has 1 unspecified atom stereocenters. The summed E-state index contributed by atoms with van der Waals surface area (Å²) in [6.07, 6.45) is 0. The van der Waals surface area contributed by atoms with E-state index in [1.807, 2.05) is 0 Å². The zero-order valence-corrected chi connectivity index (χ0v) is 15.6.